The van der Waals surface area contributed by atoms with Gasteiger partial charge in [0.15, 0.2) is 0 Å². The van der Waals surface area contributed by atoms with Crippen molar-refractivity contribution in [3.63, 3.8) is 0 Å². The minimum atomic E-state index is -0.674. The monoisotopic (exact) mass is 372 g/mol. The number of nitro groups is 2. The standard InChI is InChI=1S/C15H12N6O4S/c22-20(23)13-6-12(7-14(8-13)21(24)25)9-19-17-15(16-18-19)26-10-11-4-2-1-3-5-11/h1-8H,9-10H2. The lowest BCUT2D eigenvalue weighted by Crippen LogP contribution is -2.05. The Balaban J connectivity index is 1.72. The van der Waals surface area contributed by atoms with Gasteiger partial charge in [-0.3, -0.25) is 20.2 Å². The summed E-state index contributed by atoms with van der Waals surface area (Å²) < 4.78 is 0. The minimum absolute atomic E-state index is 0.0431. The highest BCUT2D eigenvalue weighted by molar-refractivity contribution is 7.98. The average Bonchev–Trinajstić information content (AvgIpc) is 3.08. The Labute approximate surface area is 151 Å². The fourth-order valence-corrected chi connectivity index (χ4v) is 2.93. The fourth-order valence-electron chi connectivity index (χ4n) is 2.20. The van der Waals surface area contributed by atoms with Crippen LogP contribution in [0.3, 0.4) is 0 Å². The molecule has 0 spiro atoms. The Morgan fingerprint density at radius 3 is 2.23 bits per heavy atom. The van der Waals surface area contributed by atoms with Crippen LogP contribution >= 0.6 is 11.8 Å². The molecule has 0 bridgehead atoms. The first-order chi connectivity index (χ1) is 12.5. The van der Waals surface area contributed by atoms with Crippen molar-refractivity contribution < 1.29 is 9.85 Å². The van der Waals surface area contributed by atoms with Crippen molar-refractivity contribution in [3.05, 3.63) is 79.9 Å². The largest absolute Gasteiger partial charge is 0.276 e. The maximum Gasteiger partial charge on any atom is 0.276 e. The summed E-state index contributed by atoms with van der Waals surface area (Å²) in [4.78, 5) is 21.8. The van der Waals surface area contributed by atoms with Crippen LogP contribution in [0, 0.1) is 20.2 Å². The molecule has 0 atom stereocenters. The number of thioether (sulfide) groups is 1. The molecule has 0 saturated heterocycles. The quantitative estimate of drug-likeness (QED) is 0.351. The number of nitro benzene ring substituents is 2. The van der Waals surface area contributed by atoms with E-state index < -0.39 is 9.85 Å². The van der Waals surface area contributed by atoms with Gasteiger partial charge in [0.2, 0.25) is 5.16 Å². The molecule has 10 nitrogen and oxygen atoms in total. The van der Waals surface area contributed by atoms with Crippen molar-refractivity contribution in [2.24, 2.45) is 0 Å². The van der Waals surface area contributed by atoms with Gasteiger partial charge in [0, 0.05) is 17.9 Å². The van der Waals surface area contributed by atoms with Crippen molar-refractivity contribution in [1.29, 1.82) is 0 Å². The molecule has 0 fully saturated rings. The van der Waals surface area contributed by atoms with E-state index in [1.54, 1.807) is 0 Å². The van der Waals surface area contributed by atoms with Crippen LogP contribution in [-0.2, 0) is 12.3 Å². The van der Waals surface area contributed by atoms with E-state index in [0.29, 0.717) is 16.5 Å². The van der Waals surface area contributed by atoms with E-state index >= 15 is 0 Å². The van der Waals surface area contributed by atoms with Crippen LogP contribution in [0.15, 0.2) is 53.7 Å². The van der Waals surface area contributed by atoms with Gasteiger partial charge in [-0.05, 0) is 16.3 Å². The topological polar surface area (TPSA) is 130 Å². The zero-order valence-corrected chi connectivity index (χ0v) is 14.1. The predicted molar refractivity (Wildman–Crippen MR) is 92.7 cm³/mol. The second kappa shape index (κ2) is 7.70. The molecular weight excluding hydrogens is 360 g/mol. The smallest absolute Gasteiger partial charge is 0.258 e. The normalized spacial score (nSPS) is 10.6. The lowest BCUT2D eigenvalue weighted by molar-refractivity contribution is -0.394. The predicted octanol–water partition coefficient (Wildman–Crippen LogP) is 2.83. The Morgan fingerprint density at radius 1 is 0.962 bits per heavy atom. The Kier molecular flexibility index (Phi) is 5.17. The van der Waals surface area contributed by atoms with E-state index in [0.717, 1.165) is 11.6 Å². The third-order valence-electron chi connectivity index (χ3n) is 3.35. The summed E-state index contributed by atoms with van der Waals surface area (Å²) in [5, 5.41) is 34.3. The molecule has 0 amide bonds. The molecule has 11 heteroatoms. The third-order valence-corrected chi connectivity index (χ3v) is 4.25. The Hall–Kier alpha value is -3.34. The maximum atomic E-state index is 10.9. The molecule has 26 heavy (non-hydrogen) atoms. The number of aromatic nitrogens is 4. The molecule has 0 N–H and O–H groups in total. The Morgan fingerprint density at radius 2 is 1.62 bits per heavy atom. The van der Waals surface area contributed by atoms with Crippen LogP contribution in [0.2, 0.25) is 0 Å². The molecule has 1 aromatic heterocycles. The van der Waals surface area contributed by atoms with Gasteiger partial charge in [0.25, 0.3) is 11.4 Å². The molecule has 2 aromatic carbocycles. The number of rotatable bonds is 7. The highest BCUT2D eigenvalue weighted by Crippen LogP contribution is 2.23. The lowest BCUT2D eigenvalue weighted by atomic mass is 10.2. The van der Waals surface area contributed by atoms with Crippen LogP contribution in [0.5, 0.6) is 0 Å². The van der Waals surface area contributed by atoms with E-state index in [1.165, 1.54) is 28.7 Å². The van der Waals surface area contributed by atoms with Crippen LogP contribution in [0.1, 0.15) is 11.1 Å². The SMILES string of the molecule is O=[N+]([O-])c1cc(Cn2nnc(SCc3ccccc3)n2)cc([N+](=O)[O-])c1. The van der Waals surface area contributed by atoms with Gasteiger partial charge in [-0.25, -0.2) is 0 Å². The van der Waals surface area contributed by atoms with Crippen LogP contribution in [0.4, 0.5) is 11.4 Å². The number of hydrogen-bond acceptors (Lipinski definition) is 8. The summed E-state index contributed by atoms with van der Waals surface area (Å²) in [6, 6.07) is 13.2. The third kappa shape index (κ3) is 4.39. The van der Waals surface area contributed by atoms with Crippen molar-refractivity contribution in [2.75, 3.05) is 0 Å². The van der Waals surface area contributed by atoms with Crippen LogP contribution in [0.25, 0.3) is 0 Å². The average molecular weight is 372 g/mol. The summed E-state index contributed by atoms with van der Waals surface area (Å²) in [6.07, 6.45) is 0. The molecule has 132 valence electrons. The van der Waals surface area contributed by atoms with E-state index in [-0.39, 0.29) is 17.9 Å². The van der Waals surface area contributed by atoms with E-state index in [9.17, 15) is 20.2 Å². The van der Waals surface area contributed by atoms with Gasteiger partial charge in [-0.2, -0.15) is 4.80 Å². The fraction of sp³-hybridized carbons (Fsp3) is 0.133. The zero-order chi connectivity index (χ0) is 18.5. The summed E-state index contributed by atoms with van der Waals surface area (Å²) >= 11 is 1.40. The highest BCUT2D eigenvalue weighted by Gasteiger charge is 2.17. The van der Waals surface area contributed by atoms with Crippen molar-refractivity contribution in [2.45, 2.75) is 17.5 Å². The number of benzene rings is 2. The first kappa shape index (κ1) is 17.5. The summed E-state index contributed by atoms with van der Waals surface area (Å²) in [5.74, 6) is 0.675. The summed E-state index contributed by atoms with van der Waals surface area (Å²) in [7, 11) is 0. The Bertz CT molecular complexity index is 914. The molecule has 3 rings (SSSR count). The zero-order valence-electron chi connectivity index (χ0n) is 13.3. The van der Waals surface area contributed by atoms with Crippen molar-refractivity contribution in [3.8, 4) is 0 Å². The van der Waals surface area contributed by atoms with Crippen molar-refractivity contribution >= 4 is 23.1 Å². The second-order valence-corrected chi connectivity index (χ2v) is 6.19. The maximum absolute atomic E-state index is 10.9. The highest BCUT2D eigenvalue weighted by atomic mass is 32.2. The van der Waals surface area contributed by atoms with Gasteiger partial charge in [-0.1, -0.05) is 42.1 Å². The van der Waals surface area contributed by atoms with E-state index in [4.69, 9.17) is 0 Å². The molecule has 0 radical (unpaired) electrons. The summed E-state index contributed by atoms with van der Waals surface area (Å²) in [6.45, 7) is 0.0431. The summed E-state index contributed by atoms with van der Waals surface area (Å²) in [5.41, 5.74) is 0.757. The number of tetrazole rings is 1. The molecule has 0 aliphatic heterocycles. The van der Waals surface area contributed by atoms with Gasteiger partial charge >= 0.3 is 0 Å². The number of non-ortho nitro benzene ring substituents is 2. The first-order valence-electron chi connectivity index (χ1n) is 7.38. The van der Waals surface area contributed by atoms with Crippen molar-refractivity contribution in [1.82, 2.24) is 20.2 Å². The van der Waals surface area contributed by atoms with Gasteiger partial charge in [0.1, 0.15) is 0 Å². The van der Waals surface area contributed by atoms with Gasteiger partial charge in [-0.15, -0.1) is 10.2 Å². The molecule has 0 aliphatic carbocycles. The molecular formula is C15H12N6O4S. The van der Waals surface area contributed by atoms with E-state index in [1.807, 2.05) is 30.3 Å². The first-order valence-corrected chi connectivity index (χ1v) is 8.37. The lowest BCUT2D eigenvalue weighted by Gasteiger charge is -2.01. The molecule has 1 heterocycles. The molecule has 0 aliphatic rings. The van der Waals surface area contributed by atoms with Gasteiger partial charge in [0.05, 0.1) is 22.5 Å². The van der Waals surface area contributed by atoms with Gasteiger partial charge < -0.3 is 0 Å². The van der Waals surface area contributed by atoms with Crippen LogP contribution in [-0.4, -0.2) is 30.1 Å². The molecule has 0 saturated carbocycles. The molecule has 0 unspecified atom stereocenters. The molecule has 3 aromatic rings. The minimum Gasteiger partial charge on any atom is -0.258 e. The van der Waals surface area contributed by atoms with E-state index in [2.05, 4.69) is 15.4 Å². The number of nitrogens with zero attached hydrogens (tertiary/aromatic N) is 6. The number of hydrogen-bond donors (Lipinski definition) is 0. The van der Waals surface area contributed by atoms with Crippen LogP contribution < -0.4 is 0 Å². The second-order valence-electron chi connectivity index (χ2n) is 5.25.